The van der Waals surface area contributed by atoms with E-state index in [2.05, 4.69) is 20.9 Å². The Kier molecular flexibility index (Phi) is 2.63. The van der Waals surface area contributed by atoms with Gasteiger partial charge in [0, 0.05) is 48.8 Å². The summed E-state index contributed by atoms with van der Waals surface area (Å²) in [6, 6.07) is 7.65. The predicted molar refractivity (Wildman–Crippen MR) is 70.8 cm³/mol. The van der Waals surface area contributed by atoms with Gasteiger partial charge in [0.05, 0.1) is 0 Å². The third kappa shape index (κ3) is 2.01. The molecule has 0 amide bonds. The van der Waals surface area contributed by atoms with Gasteiger partial charge >= 0.3 is 0 Å². The van der Waals surface area contributed by atoms with Crippen molar-refractivity contribution in [2.24, 2.45) is 0 Å². The zero-order chi connectivity index (χ0) is 12.5. The SMILES string of the molecule is Cc1cc(N2CCc3[nH]c(=O)ccc3C2)ccn1. The molecule has 0 fully saturated rings. The Morgan fingerprint density at radius 3 is 3.06 bits per heavy atom. The van der Waals surface area contributed by atoms with E-state index in [0.717, 1.165) is 30.9 Å². The second-order valence-electron chi connectivity index (χ2n) is 4.65. The molecule has 0 atom stereocenters. The molecule has 3 heterocycles. The molecule has 1 aliphatic rings. The molecule has 18 heavy (non-hydrogen) atoms. The molecule has 0 spiro atoms. The quantitative estimate of drug-likeness (QED) is 0.825. The summed E-state index contributed by atoms with van der Waals surface area (Å²) < 4.78 is 0. The molecule has 3 rings (SSSR count). The standard InChI is InChI=1S/C14H15N3O/c1-10-8-12(4-6-15-10)17-7-5-13-11(9-17)2-3-14(18)16-13/h2-4,6,8H,5,7,9H2,1H3,(H,16,18). The normalized spacial score (nSPS) is 14.4. The number of anilines is 1. The van der Waals surface area contributed by atoms with Crippen LogP contribution in [0.3, 0.4) is 0 Å². The summed E-state index contributed by atoms with van der Waals surface area (Å²) >= 11 is 0. The molecule has 1 N–H and O–H groups in total. The summed E-state index contributed by atoms with van der Waals surface area (Å²) in [5, 5.41) is 0. The second kappa shape index (κ2) is 4.29. The molecule has 2 aromatic heterocycles. The number of aromatic amines is 1. The molecule has 0 radical (unpaired) electrons. The monoisotopic (exact) mass is 241 g/mol. The lowest BCUT2D eigenvalue weighted by atomic mass is 10.1. The van der Waals surface area contributed by atoms with E-state index >= 15 is 0 Å². The average Bonchev–Trinajstić information content (AvgIpc) is 2.38. The van der Waals surface area contributed by atoms with Crippen LogP contribution in [0, 0.1) is 6.92 Å². The van der Waals surface area contributed by atoms with Crippen LogP contribution in [0.2, 0.25) is 0 Å². The van der Waals surface area contributed by atoms with Gasteiger partial charge in [-0.25, -0.2) is 0 Å². The van der Waals surface area contributed by atoms with Crippen molar-refractivity contribution in [3.8, 4) is 0 Å². The van der Waals surface area contributed by atoms with Gasteiger partial charge in [-0.2, -0.15) is 0 Å². The Morgan fingerprint density at radius 1 is 1.33 bits per heavy atom. The van der Waals surface area contributed by atoms with Crippen molar-refractivity contribution < 1.29 is 0 Å². The maximum atomic E-state index is 11.3. The first-order valence-electron chi connectivity index (χ1n) is 6.11. The Labute approximate surface area is 105 Å². The molecular weight excluding hydrogens is 226 g/mol. The first kappa shape index (κ1) is 11.0. The molecule has 1 aliphatic heterocycles. The zero-order valence-corrected chi connectivity index (χ0v) is 10.3. The van der Waals surface area contributed by atoms with Crippen LogP contribution in [0.1, 0.15) is 17.0 Å². The van der Waals surface area contributed by atoms with Crippen molar-refractivity contribution >= 4 is 5.69 Å². The highest BCUT2D eigenvalue weighted by atomic mass is 16.1. The van der Waals surface area contributed by atoms with Crippen molar-refractivity contribution in [2.75, 3.05) is 11.4 Å². The van der Waals surface area contributed by atoms with Gasteiger partial charge < -0.3 is 9.88 Å². The van der Waals surface area contributed by atoms with Crippen molar-refractivity contribution in [3.63, 3.8) is 0 Å². The molecule has 0 saturated carbocycles. The largest absolute Gasteiger partial charge is 0.367 e. The Hall–Kier alpha value is -2.10. The molecule has 2 aromatic rings. The fourth-order valence-corrected chi connectivity index (χ4v) is 2.40. The van der Waals surface area contributed by atoms with E-state index in [0.29, 0.717) is 0 Å². The average molecular weight is 241 g/mol. The first-order chi connectivity index (χ1) is 8.72. The lowest BCUT2D eigenvalue weighted by Crippen LogP contribution is -2.32. The van der Waals surface area contributed by atoms with Crippen molar-refractivity contribution in [2.45, 2.75) is 19.9 Å². The zero-order valence-electron chi connectivity index (χ0n) is 10.3. The van der Waals surface area contributed by atoms with Gasteiger partial charge in [-0.1, -0.05) is 6.07 Å². The molecule has 0 bridgehead atoms. The maximum Gasteiger partial charge on any atom is 0.248 e. The summed E-state index contributed by atoms with van der Waals surface area (Å²) in [7, 11) is 0. The number of fused-ring (bicyclic) bond motifs is 1. The summed E-state index contributed by atoms with van der Waals surface area (Å²) in [5.41, 5.74) is 4.49. The predicted octanol–water partition coefficient (Wildman–Crippen LogP) is 1.64. The molecule has 4 heteroatoms. The minimum atomic E-state index is -0.0121. The molecule has 0 unspecified atom stereocenters. The molecular formula is C14H15N3O. The number of nitrogens with one attached hydrogen (secondary N) is 1. The van der Waals surface area contributed by atoms with Gasteiger partial charge in [0.15, 0.2) is 0 Å². The van der Waals surface area contributed by atoms with E-state index in [4.69, 9.17) is 0 Å². The van der Waals surface area contributed by atoms with Gasteiger partial charge in [0.25, 0.3) is 0 Å². The second-order valence-corrected chi connectivity index (χ2v) is 4.65. The van der Waals surface area contributed by atoms with Crippen LogP contribution in [0.15, 0.2) is 35.3 Å². The van der Waals surface area contributed by atoms with Crippen LogP contribution in [0.4, 0.5) is 5.69 Å². The highest BCUT2D eigenvalue weighted by Gasteiger charge is 2.17. The Bertz CT molecular complexity index is 633. The van der Waals surface area contributed by atoms with E-state index in [-0.39, 0.29) is 5.56 Å². The van der Waals surface area contributed by atoms with Gasteiger partial charge in [0.1, 0.15) is 0 Å². The smallest absolute Gasteiger partial charge is 0.248 e. The van der Waals surface area contributed by atoms with E-state index in [1.54, 1.807) is 6.07 Å². The summed E-state index contributed by atoms with van der Waals surface area (Å²) in [4.78, 5) is 20.7. The highest BCUT2D eigenvalue weighted by Crippen LogP contribution is 2.22. The molecule has 0 saturated heterocycles. The number of rotatable bonds is 1. The maximum absolute atomic E-state index is 11.3. The van der Waals surface area contributed by atoms with Gasteiger partial charge in [-0.15, -0.1) is 0 Å². The topological polar surface area (TPSA) is 49.0 Å². The van der Waals surface area contributed by atoms with Crippen molar-refractivity contribution in [1.29, 1.82) is 0 Å². The number of hydrogen-bond acceptors (Lipinski definition) is 3. The molecule has 0 aromatic carbocycles. The number of nitrogens with zero attached hydrogens (tertiary/aromatic N) is 2. The van der Waals surface area contributed by atoms with Crippen LogP contribution in [0.25, 0.3) is 0 Å². The van der Waals surface area contributed by atoms with E-state index < -0.39 is 0 Å². The number of aromatic nitrogens is 2. The summed E-state index contributed by atoms with van der Waals surface area (Å²) in [6.45, 7) is 3.77. The van der Waals surface area contributed by atoms with Crippen LogP contribution >= 0.6 is 0 Å². The van der Waals surface area contributed by atoms with Gasteiger partial charge in [-0.05, 0) is 24.6 Å². The van der Waals surface area contributed by atoms with E-state index in [1.807, 2.05) is 25.3 Å². The fraction of sp³-hybridized carbons (Fsp3) is 0.286. The fourth-order valence-electron chi connectivity index (χ4n) is 2.40. The van der Waals surface area contributed by atoms with Crippen LogP contribution in [0.5, 0.6) is 0 Å². The number of H-pyrrole nitrogens is 1. The number of aryl methyl sites for hydroxylation is 1. The number of hydrogen-bond donors (Lipinski definition) is 1. The third-order valence-corrected chi connectivity index (χ3v) is 3.34. The van der Waals surface area contributed by atoms with Crippen LogP contribution < -0.4 is 10.5 Å². The van der Waals surface area contributed by atoms with E-state index in [1.165, 1.54) is 11.3 Å². The molecule has 0 aliphatic carbocycles. The number of pyridine rings is 2. The van der Waals surface area contributed by atoms with Gasteiger partial charge in [-0.3, -0.25) is 9.78 Å². The highest BCUT2D eigenvalue weighted by molar-refractivity contribution is 5.48. The lowest BCUT2D eigenvalue weighted by molar-refractivity contribution is 0.708. The molecule has 92 valence electrons. The first-order valence-corrected chi connectivity index (χ1v) is 6.11. The molecule has 4 nitrogen and oxygen atoms in total. The van der Waals surface area contributed by atoms with Crippen molar-refractivity contribution in [1.82, 2.24) is 9.97 Å². The Morgan fingerprint density at radius 2 is 2.22 bits per heavy atom. The minimum Gasteiger partial charge on any atom is -0.367 e. The Balaban J connectivity index is 1.91. The summed E-state index contributed by atoms with van der Waals surface area (Å²) in [5.74, 6) is 0. The third-order valence-electron chi connectivity index (χ3n) is 3.34. The van der Waals surface area contributed by atoms with E-state index in [9.17, 15) is 4.79 Å². The lowest BCUT2D eigenvalue weighted by Gasteiger charge is -2.30. The minimum absolute atomic E-state index is 0.0121. The van der Waals surface area contributed by atoms with Crippen LogP contribution in [-0.4, -0.2) is 16.5 Å². The van der Waals surface area contributed by atoms with Gasteiger partial charge in [0.2, 0.25) is 5.56 Å². The van der Waals surface area contributed by atoms with Crippen LogP contribution in [-0.2, 0) is 13.0 Å². The van der Waals surface area contributed by atoms with Crippen molar-refractivity contribution in [3.05, 3.63) is 57.8 Å². The summed E-state index contributed by atoms with van der Waals surface area (Å²) in [6.07, 6.45) is 2.72.